The predicted molar refractivity (Wildman–Crippen MR) is 99.7 cm³/mol. The summed E-state index contributed by atoms with van der Waals surface area (Å²) in [5, 5.41) is 0. The Kier molecular flexibility index (Phi) is 5.74. The largest absolute Gasteiger partial charge is 0.497 e. The first-order chi connectivity index (χ1) is 13.6. The third-order valence-corrected chi connectivity index (χ3v) is 6.40. The van der Waals surface area contributed by atoms with Crippen LogP contribution in [0.3, 0.4) is 0 Å². The summed E-state index contributed by atoms with van der Waals surface area (Å²) < 4.78 is 68.7. The van der Waals surface area contributed by atoms with Crippen LogP contribution in [0.4, 0.5) is 18.9 Å². The number of sulfone groups is 1. The number of nitrogens with zero attached hydrogens (tertiary/aromatic N) is 2. The molecule has 1 aliphatic rings. The zero-order valence-electron chi connectivity index (χ0n) is 15.5. The second kappa shape index (κ2) is 7.94. The van der Waals surface area contributed by atoms with Crippen molar-refractivity contribution < 1.29 is 31.1 Å². The number of hydrogen-bond donors (Lipinski definition) is 0. The van der Waals surface area contributed by atoms with E-state index in [2.05, 4.69) is 0 Å². The highest BCUT2D eigenvalue weighted by atomic mass is 32.2. The molecule has 1 aliphatic heterocycles. The zero-order chi connectivity index (χ0) is 21.2. The van der Waals surface area contributed by atoms with Crippen LogP contribution in [-0.4, -0.2) is 58.7 Å². The normalized spacial score (nSPS) is 15.3. The number of carbonyl (C=O) groups excluding carboxylic acids is 1. The number of amides is 1. The van der Waals surface area contributed by atoms with E-state index in [0.717, 1.165) is 4.90 Å². The number of rotatable bonds is 4. The van der Waals surface area contributed by atoms with E-state index in [0.29, 0.717) is 11.4 Å². The quantitative estimate of drug-likeness (QED) is 0.749. The van der Waals surface area contributed by atoms with Crippen molar-refractivity contribution in [1.82, 2.24) is 4.90 Å². The van der Waals surface area contributed by atoms with Crippen LogP contribution in [0.15, 0.2) is 58.3 Å². The van der Waals surface area contributed by atoms with Crippen LogP contribution in [0.25, 0.3) is 0 Å². The highest BCUT2D eigenvalue weighted by Crippen LogP contribution is 2.28. The van der Waals surface area contributed by atoms with Gasteiger partial charge in [-0.3, -0.25) is 4.79 Å². The molecule has 6 nitrogen and oxygen atoms in total. The molecule has 29 heavy (non-hydrogen) atoms. The Balaban J connectivity index is 1.79. The molecule has 1 amide bonds. The van der Waals surface area contributed by atoms with Gasteiger partial charge < -0.3 is 14.5 Å². The zero-order valence-corrected chi connectivity index (χ0v) is 16.3. The van der Waals surface area contributed by atoms with Gasteiger partial charge in [0.1, 0.15) is 5.75 Å². The number of halogens is 3. The third-order valence-electron chi connectivity index (χ3n) is 4.65. The molecule has 0 spiro atoms. The molecule has 0 radical (unpaired) electrons. The van der Waals surface area contributed by atoms with Gasteiger partial charge in [-0.2, -0.15) is 13.2 Å². The topological polar surface area (TPSA) is 66.9 Å². The number of benzene rings is 2. The van der Waals surface area contributed by atoms with E-state index in [4.69, 9.17) is 4.74 Å². The van der Waals surface area contributed by atoms with Crippen LogP contribution in [0.5, 0.6) is 5.75 Å². The van der Waals surface area contributed by atoms with Crippen molar-refractivity contribution in [3.63, 3.8) is 0 Å². The molecule has 156 valence electrons. The van der Waals surface area contributed by atoms with E-state index in [-0.39, 0.29) is 36.0 Å². The Morgan fingerprint density at radius 3 is 2.14 bits per heavy atom. The second-order valence-electron chi connectivity index (χ2n) is 6.46. The Hall–Kier alpha value is -2.75. The third kappa shape index (κ3) is 4.47. The van der Waals surface area contributed by atoms with Gasteiger partial charge in [-0.15, -0.1) is 0 Å². The van der Waals surface area contributed by atoms with E-state index >= 15 is 0 Å². The molecule has 0 aromatic heterocycles. The summed E-state index contributed by atoms with van der Waals surface area (Å²) in [6, 6.07) is 12.3. The molecule has 0 unspecified atom stereocenters. The van der Waals surface area contributed by atoms with E-state index in [1.807, 2.05) is 0 Å². The number of methoxy groups -OCH3 is 1. The van der Waals surface area contributed by atoms with Gasteiger partial charge >= 0.3 is 12.1 Å². The summed E-state index contributed by atoms with van der Waals surface area (Å²) >= 11 is 0. The van der Waals surface area contributed by atoms with Gasteiger partial charge in [0.15, 0.2) is 0 Å². The lowest BCUT2D eigenvalue weighted by Gasteiger charge is -2.36. The molecule has 1 fully saturated rings. The average Bonchev–Trinajstić information content (AvgIpc) is 2.73. The summed E-state index contributed by atoms with van der Waals surface area (Å²) in [5.74, 6) is -1.45. The van der Waals surface area contributed by atoms with Crippen molar-refractivity contribution in [2.75, 3.05) is 38.2 Å². The first kappa shape index (κ1) is 21.0. The minimum atomic E-state index is -4.90. The number of anilines is 1. The number of hydrogen-bond acceptors (Lipinski definition) is 5. The van der Waals surface area contributed by atoms with Gasteiger partial charge in [-0.05, 0) is 36.4 Å². The van der Waals surface area contributed by atoms with Crippen molar-refractivity contribution in [2.24, 2.45) is 0 Å². The van der Waals surface area contributed by atoms with Crippen molar-refractivity contribution in [2.45, 2.75) is 16.0 Å². The Morgan fingerprint density at radius 1 is 0.966 bits per heavy atom. The van der Waals surface area contributed by atoms with E-state index in [1.54, 1.807) is 29.2 Å². The summed E-state index contributed by atoms with van der Waals surface area (Å²) in [4.78, 5) is 14.0. The van der Waals surface area contributed by atoms with E-state index in [1.165, 1.54) is 31.4 Å². The van der Waals surface area contributed by atoms with Gasteiger partial charge in [0.2, 0.25) is 9.84 Å². The lowest BCUT2D eigenvalue weighted by Crippen LogP contribution is -2.52. The minimum Gasteiger partial charge on any atom is -0.497 e. The van der Waals surface area contributed by atoms with Crippen LogP contribution >= 0.6 is 0 Å². The van der Waals surface area contributed by atoms with Crippen molar-refractivity contribution in [1.29, 1.82) is 0 Å². The molecule has 0 N–H and O–H groups in total. The molecule has 0 atom stereocenters. The minimum absolute atomic E-state index is 0.0667. The molecule has 1 heterocycles. The lowest BCUT2D eigenvalue weighted by molar-refractivity contribution is -0.185. The Bertz CT molecular complexity index is 1000. The smallest absolute Gasteiger partial charge is 0.471 e. The average molecular weight is 428 g/mol. The second-order valence-corrected chi connectivity index (χ2v) is 8.41. The highest BCUT2D eigenvalue weighted by Gasteiger charge is 2.43. The number of alkyl halides is 3. The van der Waals surface area contributed by atoms with Gasteiger partial charge in [0, 0.05) is 31.9 Å². The molecular formula is C19H19F3N2O4S. The molecule has 0 bridgehead atoms. The van der Waals surface area contributed by atoms with Gasteiger partial charge in [0.25, 0.3) is 0 Å². The van der Waals surface area contributed by atoms with Crippen LogP contribution in [0.1, 0.15) is 0 Å². The van der Waals surface area contributed by atoms with Crippen LogP contribution in [0, 0.1) is 0 Å². The van der Waals surface area contributed by atoms with Crippen LogP contribution in [-0.2, 0) is 14.6 Å². The van der Waals surface area contributed by atoms with Crippen molar-refractivity contribution >= 4 is 21.4 Å². The number of ether oxygens (including phenoxy) is 1. The summed E-state index contributed by atoms with van der Waals surface area (Å²) in [6.07, 6.45) is -4.90. The van der Waals surface area contributed by atoms with E-state index < -0.39 is 21.9 Å². The van der Waals surface area contributed by atoms with Crippen LogP contribution < -0.4 is 9.64 Å². The highest BCUT2D eigenvalue weighted by molar-refractivity contribution is 7.91. The van der Waals surface area contributed by atoms with Gasteiger partial charge in [-0.1, -0.05) is 12.1 Å². The van der Waals surface area contributed by atoms with Gasteiger partial charge in [0.05, 0.1) is 16.9 Å². The molecule has 2 aromatic carbocycles. The fourth-order valence-electron chi connectivity index (χ4n) is 3.10. The first-order valence-corrected chi connectivity index (χ1v) is 10.2. The van der Waals surface area contributed by atoms with Crippen molar-refractivity contribution in [3.05, 3.63) is 48.5 Å². The molecule has 1 saturated heterocycles. The van der Waals surface area contributed by atoms with E-state index in [9.17, 15) is 26.4 Å². The molecule has 10 heteroatoms. The summed E-state index contributed by atoms with van der Waals surface area (Å²) in [5.41, 5.74) is 0.563. The van der Waals surface area contributed by atoms with Crippen LogP contribution in [0.2, 0.25) is 0 Å². The molecule has 0 saturated carbocycles. The lowest BCUT2D eigenvalue weighted by atomic mass is 10.2. The monoisotopic (exact) mass is 428 g/mol. The number of carbonyl (C=O) groups is 1. The first-order valence-electron chi connectivity index (χ1n) is 8.73. The maximum Gasteiger partial charge on any atom is 0.471 e. The molecule has 2 aromatic rings. The number of piperazine rings is 1. The maximum atomic E-state index is 12.9. The maximum absolute atomic E-state index is 12.9. The standard InChI is InChI=1S/C19H19F3N2O4S/c1-28-15-5-3-7-17(13-15)29(26,27)16-6-2-4-14(12-16)23-8-10-24(11-9-23)18(25)19(20,21)22/h2-7,12-13H,8-11H2,1H3. The molecular weight excluding hydrogens is 409 g/mol. The fourth-order valence-corrected chi connectivity index (χ4v) is 4.43. The molecule has 0 aliphatic carbocycles. The SMILES string of the molecule is COc1cccc(S(=O)(=O)c2cccc(N3CCN(C(=O)C(F)(F)F)CC3)c2)c1. The Labute approximate surface area is 166 Å². The fraction of sp³-hybridized carbons (Fsp3) is 0.316. The summed E-state index contributed by atoms with van der Waals surface area (Å²) in [6.45, 7) is 0.158. The van der Waals surface area contributed by atoms with Crippen molar-refractivity contribution in [3.8, 4) is 5.75 Å². The predicted octanol–water partition coefficient (Wildman–Crippen LogP) is 2.74. The molecule has 3 rings (SSSR count). The Morgan fingerprint density at radius 2 is 1.55 bits per heavy atom. The van der Waals surface area contributed by atoms with Gasteiger partial charge in [-0.25, -0.2) is 8.42 Å². The summed E-state index contributed by atoms with van der Waals surface area (Å²) in [7, 11) is -2.36.